The lowest BCUT2D eigenvalue weighted by atomic mass is 10.0. The lowest BCUT2D eigenvalue weighted by molar-refractivity contribution is -0.171. The van der Waals surface area contributed by atoms with Crippen molar-refractivity contribution in [2.75, 3.05) is 13.2 Å². The van der Waals surface area contributed by atoms with Crippen LogP contribution in [0.25, 0.3) is 0 Å². The number of hydrogen-bond donors (Lipinski definition) is 3. The zero-order valence-electron chi connectivity index (χ0n) is 11.4. The molecule has 0 rings (SSSR count). The van der Waals surface area contributed by atoms with Gasteiger partial charge in [0.15, 0.2) is 12.7 Å². The first-order valence-corrected chi connectivity index (χ1v) is 6.22. The summed E-state index contributed by atoms with van der Waals surface area (Å²) in [7, 11) is 0. The van der Waals surface area contributed by atoms with Crippen molar-refractivity contribution in [2.45, 2.75) is 45.0 Å². The summed E-state index contributed by atoms with van der Waals surface area (Å²) in [5.41, 5.74) is 0. The average Bonchev–Trinajstić information content (AvgIpc) is 2.47. The molecule has 8 heteroatoms. The zero-order valence-corrected chi connectivity index (χ0v) is 11.4. The SMILES string of the molecule is CCC(=O)OCC(=O)[C@H](OC(=O)CC)[C@@H](O)[C@H](O)CO. The Morgan fingerprint density at radius 3 is 2.05 bits per heavy atom. The van der Waals surface area contributed by atoms with E-state index in [0.717, 1.165) is 0 Å². The van der Waals surface area contributed by atoms with Crippen LogP contribution < -0.4 is 0 Å². The molecule has 0 aliphatic rings. The summed E-state index contributed by atoms with van der Waals surface area (Å²) in [5.74, 6) is -2.28. The largest absolute Gasteiger partial charge is 0.458 e. The monoisotopic (exact) mass is 292 g/mol. The highest BCUT2D eigenvalue weighted by Crippen LogP contribution is 2.08. The molecule has 0 fully saturated rings. The molecule has 3 atom stereocenters. The van der Waals surface area contributed by atoms with E-state index >= 15 is 0 Å². The van der Waals surface area contributed by atoms with Crippen LogP contribution in [0.2, 0.25) is 0 Å². The highest BCUT2D eigenvalue weighted by Gasteiger charge is 2.35. The molecule has 0 spiro atoms. The Hall–Kier alpha value is -1.51. The molecule has 0 aliphatic carbocycles. The van der Waals surface area contributed by atoms with Crippen LogP contribution in [0.5, 0.6) is 0 Å². The summed E-state index contributed by atoms with van der Waals surface area (Å²) >= 11 is 0. The normalized spacial score (nSPS) is 15.1. The van der Waals surface area contributed by atoms with Gasteiger partial charge in [-0.3, -0.25) is 14.4 Å². The van der Waals surface area contributed by atoms with Gasteiger partial charge in [-0.05, 0) is 0 Å². The number of ether oxygens (including phenoxy) is 2. The molecule has 0 saturated heterocycles. The Morgan fingerprint density at radius 1 is 1.05 bits per heavy atom. The smallest absolute Gasteiger partial charge is 0.306 e. The van der Waals surface area contributed by atoms with Gasteiger partial charge in [0, 0.05) is 12.8 Å². The maximum atomic E-state index is 11.8. The van der Waals surface area contributed by atoms with E-state index in [2.05, 4.69) is 4.74 Å². The summed E-state index contributed by atoms with van der Waals surface area (Å²) in [4.78, 5) is 33.9. The van der Waals surface area contributed by atoms with Crippen molar-refractivity contribution in [3.8, 4) is 0 Å². The molecule has 0 aromatic rings. The number of Topliss-reactive ketones (excluding diaryl/α,β-unsaturated/α-hetero) is 1. The third-order valence-electron chi connectivity index (χ3n) is 2.42. The van der Waals surface area contributed by atoms with E-state index < -0.39 is 49.2 Å². The highest BCUT2D eigenvalue weighted by molar-refractivity contribution is 5.88. The molecule has 0 amide bonds. The average molecular weight is 292 g/mol. The Bertz CT molecular complexity index is 340. The predicted molar refractivity (Wildman–Crippen MR) is 65.5 cm³/mol. The first kappa shape index (κ1) is 18.5. The lowest BCUT2D eigenvalue weighted by Gasteiger charge is -2.24. The molecule has 0 radical (unpaired) electrons. The van der Waals surface area contributed by atoms with Crippen LogP contribution in [0.4, 0.5) is 0 Å². The van der Waals surface area contributed by atoms with Gasteiger partial charge in [-0.1, -0.05) is 13.8 Å². The molecule has 0 aromatic carbocycles. The molecule has 0 saturated carbocycles. The Balaban J connectivity index is 4.77. The molecular formula is C12H20O8. The van der Waals surface area contributed by atoms with Crippen LogP contribution in [-0.4, -0.2) is 64.6 Å². The van der Waals surface area contributed by atoms with E-state index in [1.54, 1.807) is 0 Å². The fourth-order valence-electron chi connectivity index (χ4n) is 1.20. The fraction of sp³-hybridized carbons (Fsp3) is 0.750. The van der Waals surface area contributed by atoms with Crippen molar-refractivity contribution in [2.24, 2.45) is 0 Å². The number of carbonyl (C=O) groups excluding carboxylic acids is 3. The molecule has 0 bridgehead atoms. The van der Waals surface area contributed by atoms with Crippen molar-refractivity contribution in [1.82, 2.24) is 0 Å². The van der Waals surface area contributed by atoms with Crippen molar-refractivity contribution >= 4 is 17.7 Å². The molecule has 0 unspecified atom stereocenters. The maximum Gasteiger partial charge on any atom is 0.306 e. The van der Waals surface area contributed by atoms with Crippen LogP contribution >= 0.6 is 0 Å². The predicted octanol–water partition coefficient (Wildman–Crippen LogP) is -1.46. The minimum Gasteiger partial charge on any atom is -0.458 e. The molecule has 0 aliphatic heterocycles. The van der Waals surface area contributed by atoms with Gasteiger partial charge < -0.3 is 24.8 Å². The first-order chi connectivity index (χ1) is 9.37. The highest BCUT2D eigenvalue weighted by atomic mass is 16.6. The number of rotatable bonds is 9. The second-order valence-corrected chi connectivity index (χ2v) is 3.99. The molecule has 0 aromatic heterocycles. The lowest BCUT2D eigenvalue weighted by Crippen LogP contribution is -2.47. The van der Waals surface area contributed by atoms with Crippen molar-refractivity contribution in [1.29, 1.82) is 0 Å². The molecule has 8 nitrogen and oxygen atoms in total. The second kappa shape index (κ2) is 9.40. The summed E-state index contributed by atoms with van der Waals surface area (Å²) in [6.45, 7) is 1.51. The van der Waals surface area contributed by atoms with Crippen LogP contribution in [0, 0.1) is 0 Å². The van der Waals surface area contributed by atoms with Gasteiger partial charge in [-0.25, -0.2) is 0 Å². The number of hydrogen-bond acceptors (Lipinski definition) is 8. The van der Waals surface area contributed by atoms with Crippen molar-refractivity contribution in [3.63, 3.8) is 0 Å². The Labute approximate surface area is 116 Å². The first-order valence-electron chi connectivity index (χ1n) is 6.22. The summed E-state index contributed by atoms with van der Waals surface area (Å²) < 4.78 is 9.29. The second-order valence-electron chi connectivity index (χ2n) is 3.99. The summed E-state index contributed by atoms with van der Waals surface area (Å²) in [5, 5.41) is 27.7. The quantitative estimate of drug-likeness (QED) is 0.440. The zero-order chi connectivity index (χ0) is 15.7. The molecule has 3 N–H and O–H groups in total. The maximum absolute atomic E-state index is 11.8. The standard InChI is InChI=1S/C12H20O8/c1-3-9(16)19-6-8(15)12(20-10(17)4-2)11(18)7(14)5-13/h7,11-14,18H,3-6H2,1-2H3/t7-,11+,12+/m1/s1. The van der Waals surface area contributed by atoms with Gasteiger partial charge in [0.25, 0.3) is 0 Å². The molecular weight excluding hydrogens is 272 g/mol. The van der Waals surface area contributed by atoms with E-state index in [1.165, 1.54) is 13.8 Å². The fourth-order valence-corrected chi connectivity index (χ4v) is 1.20. The van der Waals surface area contributed by atoms with Gasteiger partial charge >= 0.3 is 11.9 Å². The third kappa shape index (κ3) is 6.09. The molecule has 20 heavy (non-hydrogen) atoms. The van der Waals surface area contributed by atoms with Crippen LogP contribution in [-0.2, 0) is 23.9 Å². The van der Waals surface area contributed by atoms with Crippen molar-refractivity contribution < 1.29 is 39.2 Å². The Morgan fingerprint density at radius 2 is 1.60 bits per heavy atom. The number of carbonyl (C=O) groups is 3. The third-order valence-corrected chi connectivity index (χ3v) is 2.42. The topological polar surface area (TPSA) is 130 Å². The van der Waals surface area contributed by atoms with Crippen LogP contribution in [0.3, 0.4) is 0 Å². The van der Waals surface area contributed by atoms with Gasteiger partial charge in [0.2, 0.25) is 5.78 Å². The molecule has 116 valence electrons. The minimum atomic E-state index is -1.80. The molecule has 0 heterocycles. The van der Waals surface area contributed by atoms with Gasteiger partial charge in [0.05, 0.1) is 6.61 Å². The Kier molecular flexibility index (Phi) is 8.69. The number of esters is 2. The van der Waals surface area contributed by atoms with E-state index in [1.807, 2.05) is 0 Å². The van der Waals surface area contributed by atoms with Gasteiger partial charge in [-0.2, -0.15) is 0 Å². The number of aliphatic hydroxyl groups is 3. The number of aliphatic hydroxyl groups excluding tert-OH is 3. The van der Waals surface area contributed by atoms with Crippen LogP contribution in [0.15, 0.2) is 0 Å². The summed E-state index contributed by atoms with van der Waals surface area (Å²) in [6, 6.07) is 0. The summed E-state index contributed by atoms with van der Waals surface area (Å²) in [6.07, 6.45) is -5.14. The van der Waals surface area contributed by atoms with Gasteiger partial charge in [0.1, 0.15) is 12.2 Å². The van der Waals surface area contributed by atoms with E-state index in [-0.39, 0.29) is 12.8 Å². The van der Waals surface area contributed by atoms with Crippen LogP contribution in [0.1, 0.15) is 26.7 Å². The minimum absolute atomic E-state index is 0.0412. The van der Waals surface area contributed by atoms with E-state index in [0.29, 0.717) is 0 Å². The number of ketones is 1. The van der Waals surface area contributed by atoms with Gasteiger partial charge in [-0.15, -0.1) is 0 Å². The van der Waals surface area contributed by atoms with Crippen molar-refractivity contribution in [3.05, 3.63) is 0 Å². The van der Waals surface area contributed by atoms with E-state index in [9.17, 15) is 24.6 Å². The van der Waals surface area contributed by atoms with E-state index in [4.69, 9.17) is 9.84 Å².